The maximum atomic E-state index is 11.8. The Kier molecular flexibility index (Phi) is 6.35. The van der Waals surface area contributed by atoms with E-state index in [1.54, 1.807) is 0 Å². The number of likely N-dealkylation sites (N-methyl/N-ethyl adjacent to an activating group) is 1. The van der Waals surface area contributed by atoms with Crippen molar-refractivity contribution >= 4 is 12.0 Å². The van der Waals surface area contributed by atoms with Crippen molar-refractivity contribution in [2.24, 2.45) is 0 Å². The van der Waals surface area contributed by atoms with Gasteiger partial charge in [-0.15, -0.1) is 6.58 Å². The van der Waals surface area contributed by atoms with E-state index in [0.29, 0.717) is 0 Å². The molecular weight excluding hydrogens is 246 g/mol. The van der Waals surface area contributed by atoms with Crippen molar-refractivity contribution in [2.75, 3.05) is 19.6 Å². The molecule has 3 N–H and O–H groups in total. The number of piperidine rings is 1. The Morgan fingerprint density at radius 3 is 2.89 bits per heavy atom. The van der Waals surface area contributed by atoms with Gasteiger partial charge in [-0.25, -0.2) is 9.59 Å². The van der Waals surface area contributed by atoms with E-state index in [4.69, 9.17) is 5.11 Å². The predicted molar refractivity (Wildman–Crippen MR) is 73.0 cm³/mol. The summed E-state index contributed by atoms with van der Waals surface area (Å²) in [6, 6.07) is -1.24. The number of rotatable bonds is 6. The summed E-state index contributed by atoms with van der Waals surface area (Å²) in [5.74, 6) is -1.05. The highest BCUT2D eigenvalue weighted by Crippen LogP contribution is 2.09. The Hall–Kier alpha value is -1.56. The van der Waals surface area contributed by atoms with Gasteiger partial charge in [0, 0.05) is 12.6 Å². The minimum atomic E-state index is -1.05. The van der Waals surface area contributed by atoms with Crippen molar-refractivity contribution in [3.05, 3.63) is 12.7 Å². The molecule has 1 fully saturated rings. The standard InChI is InChI=1S/C13H23N3O3/c1-3-6-11(12(17)18)15-13(19)14-10-7-5-8-16(4-2)9-10/h3,10-11H,1,4-9H2,2H3,(H,17,18)(H2,14,15,19). The Bertz CT molecular complexity index is 333. The molecule has 0 aliphatic carbocycles. The van der Waals surface area contributed by atoms with Gasteiger partial charge >= 0.3 is 12.0 Å². The maximum absolute atomic E-state index is 11.8. The van der Waals surface area contributed by atoms with Crippen LogP contribution >= 0.6 is 0 Å². The van der Waals surface area contributed by atoms with Crippen LogP contribution in [0.25, 0.3) is 0 Å². The third-order valence-corrected chi connectivity index (χ3v) is 3.29. The maximum Gasteiger partial charge on any atom is 0.326 e. The van der Waals surface area contributed by atoms with Gasteiger partial charge in [-0.2, -0.15) is 0 Å². The fourth-order valence-corrected chi connectivity index (χ4v) is 2.23. The van der Waals surface area contributed by atoms with Crippen molar-refractivity contribution in [3.8, 4) is 0 Å². The second-order valence-corrected chi connectivity index (χ2v) is 4.77. The molecule has 6 heteroatoms. The largest absolute Gasteiger partial charge is 0.480 e. The monoisotopic (exact) mass is 269 g/mol. The molecule has 2 amide bonds. The Morgan fingerprint density at radius 2 is 2.32 bits per heavy atom. The first-order chi connectivity index (χ1) is 9.06. The van der Waals surface area contributed by atoms with Gasteiger partial charge in [-0.1, -0.05) is 13.0 Å². The molecule has 1 heterocycles. The minimum absolute atomic E-state index is 0.0897. The number of likely N-dealkylation sites (tertiary alicyclic amines) is 1. The van der Waals surface area contributed by atoms with Gasteiger partial charge in [0.15, 0.2) is 0 Å². The molecule has 1 aliphatic heterocycles. The first-order valence-electron chi connectivity index (χ1n) is 6.69. The van der Waals surface area contributed by atoms with Crippen LogP contribution in [0, 0.1) is 0 Å². The van der Waals surface area contributed by atoms with Crippen LogP contribution in [0.2, 0.25) is 0 Å². The van der Waals surface area contributed by atoms with E-state index in [-0.39, 0.29) is 12.5 Å². The van der Waals surface area contributed by atoms with Gasteiger partial charge in [-0.3, -0.25) is 0 Å². The van der Waals surface area contributed by atoms with Crippen molar-refractivity contribution < 1.29 is 14.7 Å². The molecule has 0 spiro atoms. The highest BCUT2D eigenvalue weighted by atomic mass is 16.4. The summed E-state index contributed by atoms with van der Waals surface area (Å²) < 4.78 is 0. The summed E-state index contributed by atoms with van der Waals surface area (Å²) in [5.41, 5.74) is 0. The molecule has 6 nitrogen and oxygen atoms in total. The normalized spacial score (nSPS) is 21.4. The SMILES string of the molecule is C=CCC(NC(=O)NC1CCCN(CC)C1)C(=O)O. The van der Waals surface area contributed by atoms with Gasteiger partial charge < -0.3 is 20.6 Å². The Morgan fingerprint density at radius 1 is 1.58 bits per heavy atom. The van der Waals surface area contributed by atoms with Crippen LogP contribution in [-0.2, 0) is 4.79 Å². The zero-order valence-corrected chi connectivity index (χ0v) is 11.4. The first kappa shape index (κ1) is 15.5. The van der Waals surface area contributed by atoms with E-state index < -0.39 is 18.0 Å². The molecule has 19 heavy (non-hydrogen) atoms. The molecular formula is C13H23N3O3. The van der Waals surface area contributed by atoms with E-state index >= 15 is 0 Å². The lowest BCUT2D eigenvalue weighted by molar-refractivity contribution is -0.139. The molecule has 0 bridgehead atoms. The summed E-state index contributed by atoms with van der Waals surface area (Å²) in [6.07, 6.45) is 3.68. The van der Waals surface area contributed by atoms with Crippen molar-refractivity contribution in [1.82, 2.24) is 15.5 Å². The summed E-state index contributed by atoms with van der Waals surface area (Å²) in [7, 11) is 0. The molecule has 108 valence electrons. The fourth-order valence-electron chi connectivity index (χ4n) is 2.23. The molecule has 0 radical (unpaired) electrons. The number of aliphatic carboxylic acids is 1. The van der Waals surface area contributed by atoms with Crippen LogP contribution in [0.3, 0.4) is 0 Å². The zero-order valence-electron chi connectivity index (χ0n) is 11.4. The number of hydrogen-bond donors (Lipinski definition) is 3. The number of urea groups is 1. The topological polar surface area (TPSA) is 81.7 Å². The van der Waals surface area contributed by atoms with Crippen LogP contribution in [0.15, 0.2) is 12.7 Å². The fraction of sp³-hybridized carbons (Fsp3) is 0.692. The smallest absolute Gasteiger partial charge is 0.326 e. The molecule has 2 atom stereocenters. The van der Waals surface area contributed by atoms with Gasteiger partial charge in [0.1, 0.15) is 6.04 Å². The molecule has 0 aromatic rings. The van der Waals surface area contributed by atoms with Crippen molar-refractivity contribution in [2.45, 2.75) is 38.3 Å². The number of carbonyl (C=O) groups is 2. The predicted octanol–water partition coefficient (Wildman–Crippen LogP) is 0.799. The molecule has 2 unspecified atom stereocenters. The average Bonchev–Trinajstić information content (AvgIpc) is 2.38. The molecule has 0 saturated carbocycles. The lowest BCUT2D eigenvalue weighted by atomic mass is 10.1. The zero-order chi connectivity index (χ0) is 14.3. The van der Waals surface area contributed by atoms with Gasteiger partial charge in [-0.05, 0) is 32.4 Å². The van der Waals surface area contributed by atoms with Crippen molar-refractivity contribution in [3.63, 3.8) is 0 Å². The lowest BCUT2D eigenvalue weighted by Crippen LogP contribution is -2.53. The molecule has 1 rings (SSSR count). The number of amides is 2. The molecule has 1 aliphatic rings. The van der Waals surface area contributed by atoms with Crippen LogP contribution < -0.4 is 10.6 Å². The van der Waals surface area contributed by atoms with E-state index in [0.717, 1.165) is 32.5 Å². The Balaban J connectivity index is 2.41. The van der Waals surface area contributed by atoms with Crippen molar-refractivity contribution in [1.29, 1.82) is 0 Å². The number of carbonyl (C=O) groups excluding carboxylic acids is 1. The number of carboxylic acid groups (broad SMARTS) is 1. The summed E-state index contributed by atoms with van der Waals surface area (Å²) in [5, 5.41) is 14.2. The minimum Gasteiger partial charge on any atom is -0.480 e. The van der Waals surface area contributed by atoms with Gasteiger partial charge in [0.2, 0.25) is 0 Å². The van der Waals surface area contributed by atoms with E-state index in [9.17, 15) is 9.59 Å². The van der Waals surface area contributed by atoms with Crippen LogP contribution in [0.5, 0.6) is 0 Å². The van der Waals surface area contributed by atoms with Crippen LogP contribution in [-0.4, -0.2) is 53.7 Å². The van der Waals surface area contributed by atoms with Gasteiger partial charge in [0.05, 0.1) is 0 Å². The van der Waals surface area contributed by atoms with Crippen LogP contribution in [0.1, 0.15) is 26.2 Å². The molecule has 1 saturated heterocycles. The molecule has 0 aromatic heterocycles. The summed E-state index contributed by atoms with van der Waals surface area (Å²) in [4.78, 5) is 24.9. The highest BCUT2D eigenvalue weighted by molar-refractivity contribution is 5.82. The summed E-state index contributed by atoms with van der Waals surface area (Å²) >= 11 is 0. The highest BCUT2D eigenvalue weighted by Gasteiger charge is 2.23. The van der Waals surface area contributed by atoms with E-state index in [1.165, 1.54) is 6.08 Å². The average molecular weight is 269 g/mol. The third-order valence-electron chi connectivity index (χ3n) is 3.29. The third kappa shape index (κ3) is 5.30. The summed E-state index contributed by atoms with van der Waals surface area (Å²) in [6.45, 7) is 8.42. The second-order valence-electron chi connectivity index (χ2n) is 4.77. The Labute approximate surface area is 113 Å². The number of carboxylic acids is 1. The van der Waals surface area contributed by atoms with E-state index in [1.807, 2.05) is 0 Å². The van der Waals surface area contributed by atoms with Gasteiger partial charge in [0.25, 0.3) is 0 Å². The first-order valence-corrected chi connectivity index (χ1v) is 6.69. The number of nitrogens with one attached hydrogen (secondary N) is 2. The number of nitrogens with zero attached hydrogens (tertiary/aromatic N) is 1. The van der Waals surface area contributed by atoms with Crippen LogP contribution in [0.4, 0.5) is 4.79 Å². The lowest BCUT2D eigenvalue weighted by Gasteiger charge is -2.32. The second kappa shape index (κ2) is 7.78. The van der Waals surface area contributed by atoms with E-state index in [2.05, 4.69) is 29.0 Å². The number of hydrogen-bond acceptors (Lipinski definition) is 3. The molecule has 0 aromatic carbocycles. The quantitative estimate of drug-likeness (QED) is 0.623.